The molecule has 4 rings (SSSR count). The van der Waals surface area contributed by atoms with Crippen LogP contribution in [-0.2, 0) is 4.74 Å². The monoisotopic (exact) mass is 380 g/mol. The van der Waals surface area contributed by atoms with E-state index >= 15 is 0 Å². The number of ether oxygens (including phenoxy) is 1. The standard InChI is InChI=1S/C22H21ClN2O2/c1-14-12-25(13-15(2)27-14)22(26)18-11-21(17-8-3-5-9-19(17)23)24-20-10-6-4-7-16(18)20/h3-11,14-15H,12-13H2,1-2H3/t14-,15+. The van der Waals surface area contributed by atoms with Crippen LogP contribution in [0.25, 0.3) is 22.2 Å². The summed E-state index contributed by atoms with van der Waals surface area (Å²) in [6.45, 7) is 5.16. The van der Waals surface area contributed by atoms with E-state index in [0.29, 0.717) is 29.4 Å². The molecule has 1 fully saturated rings. The Balaban J connectivity index is 1.84. The third-order valence-corrected chi connectivity index (χ3v) is 5.13. The average Bonchev–Trinajstić information content (AvgIpc) is 2.66. The van der Waals surface area contributed by atoms with Crippen molar-refractivity contribution in [3.8, 4) is 11.3 Å². The molecular formula is C22H21ClN2O2. The molecule has 4 nitrogen and oxygen atoms in total. The summed E-state index contributed by atoms with van der Waals surface area (Å²) in [6, 6.07) is 17.2. The molecule has 2 atom stereocenters. The first-order valence-electron chi connectivity index (χ1n) is 9.12. The molecule has 1 aromatic heterocycles. The molecule has 1 saturated heterocycles. The molecule has 5 heteroatoms. The third-order valence-electron chi connectivity index (χ3n) is 4.80. The van der Waals surface area contributed by atoms with Crippen LogP contribution < -0.4 is 0 Å². The van der Waals surface area contributed by atoms with Crippen LogP contribution in [0.5, 0.6) is 0 Å². The van der Waals surface area contributed by atoms with E-state index in [-0.39, 0.29) is 18.1 Å². The minimum Gasteiger partial charge on any atom is -0.372 e. The maximum absolute atomic E-state index is 13.4. The molecule has 1 amide bonds. The molecule has 1 aliphatic rings. The molecule has 0 N–H and O–H groups in total. The van der Waals surface area contributed by atoms with Crippen LogP contribution in [-0.4, -0.2) is 41.1 Å². The van der Waals surface area contributed by atoms with Crippen molar-refractivity contribution in [2.45, 2.75) is 26.1 Å². The number of amides is 1. The van der Waals surface area contributed by atoms with E-state index in [2.05, 4.69) is 0 Å². The van der Waals surface area contributed by atoms with Crippen LogP contribution in [0.2, 0.25) is 5.02 Å². The number of para-hydroxylation sites is 1. The van der Waals surface area contributed by atoms with Crippen LogP contribution >= 0.6 is 11.6 Å². The number of hydrogen-bond acceptors (Lipinski definition) is 3. The lowest BCUT2D eigenvalue weighted by atomic mass is 10.0. The molecule has 0 bridgehead atoms. The predicted octanol–water partition coefficient (Wildman–Crippen LogP) is 4.80. The van der Waals surface area contributed by atoms with Gasteiger partial charge in [-0.1, -0.05) is 48.0 Å². The number of hydrogen-bond donors (Lipinski definition) is 0. The Labute approximate surface area is 163 Å². The van der Waals surface area contributed by atoms with Gasteiger partial charge in [-0.15, -0.1) is 0 Å². The second-order valence-corrected chi connectivity index (χ2v) is 7.43. The van der Waals surface area contributed by atoms with Gasteiger partial charge in [0.15, 0.2) is 0 Å². The highest BCUT2D eigenvalue weighted by molar-refractivity contribution is 6.33. The summed E-state index contributed by atoms with van der Waals surface area (Å²) in [5, 5.41) is 1.47. The molecule has 138 valence electrons. The number of morpholine rings is 1. The van der Waals surface area contributed by atoms with Gasteiger partial charge in [0, 0.05) is 29.1 Å². The van der Waals surface area contributed by atoms with E-state index in [1.807, 2.05) is 73.3 Å². The van der Waals surface area contributed by atoms with Gasteiger partial charge >= 0.3 is 0 Å². The second kappa shape index (κ2) is 7.29. The van der Waals surface area contributed by atoms with Gasteiger partial charge in [0.25, 0.3) is 5.91 Å². The SMILES string of the molecule is C[C@@H]1CN(C(=O)c2cc(-c3ccccc3Cl)nc3ccccc23)C[C@H](C)O1. The van der Waals surface area contributed by atoms with Gasteiger partial charge in [0.2, 0.25) is 0 Å². The number of aromatic nitrogens is 1. The fourth-order valence-corrected chi connectivity index (χ4v) is 3.91. The quantitative estimate of drug-likeness (QED) is 0.641. The summed E-state index contributed by atoms with van der Waals surface area (Å²) >= 11 is 6.38. The molecule has 2 heterocycles. The van der Waals surface area contributed by atoms with Crippen molar-refractivity contribution in [3.05, 3.63) is 65.2 Å². The first kappa shape index (κ1) is 18.0. The van der Waals surface area contributed by atoms with E-state index in [4.69, 9.17) is 21.3 Å². The van der Waals surface area contributed by atoms with E-state index in [1.165, 1.54) is 0 Å². The summed E-state index contributed by atoms with van der Waals surface area (Å²) in [5.41, 5.74) is 2.96. The van der Waals surface area contributed by atoms with Gasteiger partial charge in [-0.2, -0.15) is 0 Å². The highest BCUT2D eigenvalue weighted by Gasteiger charge is 2.28. The smallest absolute Gasteiger partial charge is 0.254 e. The maximum atomic E-state index is 13.4. The number of pyridine rings is 1. The highest BCUT2D eigenvalue weighted by atomic mass is 35.5. The highest BCUT2D eigenvalue weighted by Crippen LogP contribution is 2.30. The number of rotatable bonds is 2. The van der Waals surface area contributed by atoms with E-state index in [9.17, 15) is 4.79 Å². The first-order valence-corrected chi connectivity index (χ1v) is 9.50. The van der Waals surface area contributed by atoms with E-state index in [0.717, 1.165) is 16.5 Å². The summed E-state index contributed by atoms with van der Waals surface area (Å²) in [7, 11) is 0. The lowest BCUT2D eigenvalue weighted by Crippen LogP contribution is -2.48. The lowest BCUT2D eigenvalue weighted by molar-refractivity contribution is -0.0585. The Kier molecular flexibility index (Phi) is 4.85. The molecule has 0 unspecified atom stereocenters. The molecule has 0 aliphatic carbocycles. The fourth-order valence-electron chi connectivity index (χ4n) is 3.67. The zero-order valence-electron chi connectivity index (χ0n) is 15.4. The number of fused-ring (bicyclic) bond motifs is 1. The van der Waals surface area contributed by atoms with Crippen molar-refractivity contribution >= 4 is 28.4 Å². The van der Waals surface area contributed by atoms with Crippen molar-refractivity contribution in [2.75, 3.05) is 13.1 Å². The number of carbonyl (C=O) groups excluding carboxylic acids is 1. The van der Waals surface area contributed by atoms with Crippen molar-refractivity contribution in [2.24, 2.45) is 0 Å². The molecule has 2 aromatic carbocycles. The van der Waals surface area contributed by atoms with Crippen LogP contribution in [0.4, 0.5) is 0 Å². The Morgan fingerprint density at radius 2 is 1.74 bits per heavy atom. The first-order chi connectivity index (χ1) is 13.0. The van der Waals surface area contributed by atoms with Gasteiger partial charge in [0.1, 0.15) is 0 Å². The molecule has 0 spiro atoms. The number of halogens is 1. The van der Waals surface area contributed by atoms with Gasteiger partial charge in [0.05, 0.1) is 29.0 Å². The zero-order valence-corrected chi connectivity index (χ0v) is 16.1. The van der Waals surface area contributed by atoms with Crippen molar-refractivity contribution in [3.63, 3.8) is 0 Å². The summed E-state index contributed by atoms with van der Waals surface area (Å²) < 4.78 is 5.77. The number of benzene rings is 2. The minimum absolute atomic E-state index is 0.00361. The third kappa shape index (κ3) is 3.55. The molecule has 0 radical (unpaired) electrons. The van der Waals surface area contributed by atoms with Crippen LogP contribution in [0.1, 0.15) is 24.2 Å². The van der Waals surface area contributed by atoms with Gasteiger partial charge < -0.3 is 9.64 Å². The Morgan fingerprint density at radius 1 is 1.07 bits per heavy atom. The van der Waals surface area contributed by atoms with Crippen molar-refractivity contribution < 1.29 is 9.53 Å². The van der Waals surface area contributed by atoms with Gasteiger partial charge in [-0.05, 0) is 32.0 Å². The molecule has 0 saturated carbocycles. The van der Waals surface area contributed by atoms with Gasteiger partial charge in [-0.25, -0.2) is 4.98 Å². The molecular weight excluding hydrogens is 360 g/mol. The molecule has 27 heavy (non-hydrogen) atoms. The topological polar surface area (TPSA) is 42.4 Å². The number of nitrogens with zero attached hydrogens (tertiary/aromatic N) is 2. The normalized spacial score (nSPS) is 20.0. The fraction of sp³-hybridized carbons (Fsp3) is 0.273. The zero-order chi connectivity index (χ0) is 19.0. The van der Waals surface area contributed by atoms with Crippen LogP contribution in [0, 0.1) is 0 Å². The predicted molar refractivity (Wildman–Crippen MR) is 108 cm³/mol. The Bertz CT molecular complexity index is 995. The summed E-state index contributed by atoms with van der Waals surface area (Å²) in [6.07, 6.45) is 0.0441. The Hall–Kier alpha value is -2.43. The van der Waals surface area contributed by atoms with Crippen molar-refractivity contribution in [1.29, 1.82) is 0 Å². The van der Waals surface area contributed by atoms with E-state index in [1.54, 1.807) is 0 Å². The second-order valence-electron chi connectivity index (χ2n) is 7.02. The number of carbonyl (C=O) groups is 1. The maximum Gasteiger partial charge on any atom is 0.254 e. The van der Waals surface area contributed by atoms with Crippen molar-refractivity contribution in [1.82, 2.24) is 9.88 Å². The van der Waals surface area contributed by atoms with Gasteiger partial charge in [-0.3, -0.25) is 4.79 Å². The Morgan fingerprint density at radius 3 is 2.48 bits per heavy atom. The van der Waals surface area contributed by atoms with Crippen LogP contribution in [0.3, 0.4) is 0 Å². The molecule has 1 aliphatic heterocycles. The van der Waals surface area contributed by atoms with Crippen LogP contribution in [0.15, 0.2) is 54.6 Å². The summed E-state index contributed by atoms with van der Waals surface area (Å²) in [4.78, 5) is 20.0. The largest absolute Gasteiger partial charge is 0.372 e. The van der Waals surface area contributed by atoms with E-state index < -0.39 is 0 Å². The minimum atomic E-state index is 0.00361. The average molecular weight is 381 g/mol. The molecule has 3 aromatic rings. The summed E-state index contributed by atoms with van der Waals surface area (Å²) in [5.74, 6) is 0.00361. The lowest BCUT2D eigenvalue weighted by Gasteiger charge is -2.35.